The van der Waals surface area contributed by atoms with Crippen LogP contribution in [-0.4, -0.2) is 28.8 Å². The van der Waals surface area contributed by atoms with Crippen LogP contribution in [0.3, 0.4) is 0 Å². The molecule has 0 radical (unpaired) electrons. The minimum absolute atomic E-state index is 0.135. The number of thiophene rings is 1. The van der Waals surface area contributed by atoms with E-state index in [1.165, 1.54) is 33.8 Å². The lowest BCUT2D eigenvalue weighted by Gasteiger charge is -2.26. The van der Waals surface area contributed by atoms with Crippen molar-refractivity contribution >= 4 is 37.1 Å². The smallest absolute Gasteiger partial charge is 0.244 e. The van der Waals surface area contributed by atoms with Gasteiger partial charge in [-0.3, -0.25) is 0 Å². The molecule has 0 saturated carbocycles. The van der Waals surface area contributed by atoms with Gasteiger partial charge in [-0.1, -0.05) is 18.2 Å². The van der Waals surface area contributed by atoms with Gasteiger partial charge in [-0.15, -0.1) is 11.3 Å². The highest BCUT2D eigenvalue weighted by atomic mass is 32.2. The molecule has 2 aromatic heterocycles. The van der Waals surface area contributed by atoms with Gasteiger partial charge in [-0.05, 0) is 24.3 Å². The number of nitrogens with two attached hydrogens (primary N) is 1. The Morgan fingerprint density at radius 3 is 2.83 bits per heavy atom. The second-order valence-corrected chi connectivity index (χ2v) is 9.73. The maximum absolute atomic E-state index is 14.2. The van der Waals surface area contributed by atoms with E-state index in [4.69, 9.17) is 5.73 Å². The molecule has 0 aliphatic carbocycles. The molecular weight excluding hydrogens is 411 g/mol. The van der Waals surface area contributed by atoms with E-state index < -0.39 is 15.8 Å². The van der Waals surface area contributed by atoms with Crippen LogP contribution in [0.15, 0.2) is 58.9 Å². The van der Waals surface area contributed by atoms with Gasteiger partial charge >= 0.3 is 0 Å². The van der Waals surface area contributed by atoms with Gasteiger partial charge in [-0.2, -0.15) is 4.31 Å². The predicted molar refractivity (Wildman–Crippen MR) is 111 cm³/mol. The fourth-order valence-electron chi connectivity index (χ4n) is 3.60. The van der Waals surface area contributed by atoms with Crippen molar-refractivity contribution in [3.05, 3.63) is 65.7 Å². The van der Waals surface area contributed by atoms with Crippen molar-refractivity contribution in [1.82, 2.24) is 13.9 Å². The lowest BCUT2D eigenvalue weighted by Crippen LogP contribution is -2.38. The molecule has 1 aliphatic heterocycles. The van der Waals surface area contributed by atoms with E-state index >= 15 is 0 Å². The van der Waals surface area contributed by atoms with Crippen LogP contribution in [0.5, 0.6) is 0 Å². The monoisotopic (exact) mass is 428 g/mol. The highest BCUT2D eigenvalue weighted by Crippen LogP contribution is 2.33. The Labute approximate surface area is 171 Å². The summed E-state index contributed by atoms with van der Waals surface area (Å²) in [5.41, 5.74) is 6.98. The van der Waals surface area contributed by atoms with Gasteiger partial charge in [0.05, 0.1) is 12.2 Å². The molecule has 29 heavy (non-hydrogen) atoms. The summed E-state index contributed by atoms with van der Waals surface area (Å²) >= 11 is 1.41. The van der Waals surface area contributed by atoms with E-state index in [0.717, 1.165) is 10.1 Å². The molecule has 2 aromatic carbocycles. The summed E-state index contributed by atoms with van der Waals surface area (Å²) in [6, 6.07) is 11.8. The zero-order chi connectivity index (χ0) is 20.2. The Morgan fingerprint density at radius 1 is 1.14 bits per heavy atom. The number of hydrogen-bond acceptors (Lipinski definition) is 5. The van der Waals surface area contributed by atoms with Crippen molar-refractivity contribution in [3.63, 3.8) is 0 Å². The Morgan fingerprint density at radius 2 is 1.97 bits per heavy atom. The van der Waals surface area contributed by atoms with E-state index in [2.05, 4.69) is 4.98 Å². The van der Waals surface area contributed by atoms with Gasteiger partial charge in [0.2, 0.25) is 10.0 Å². The number of anilines is 1. The molecule has 0 fully saturated rings. The van der Waals surface area contributed by atoms with Crippen LogP contribution in [0.4, 0.5) is 10.1 Å². The molecule has 0 bridgehead atoms. The average Bonchev–Trinajstić information content (AvgIpc) is 3.33. The van der Waals surface area contributed by atoms with Crippen molar-refractivity contribution in [2.75, 3.05) is 12.3 Å². The maximum atomic E-state index is 14.2. The first-order chi connectivity index (χ1) is 13.9. The fourth-order valence-corrected chi connectivity index (χ4v) is 6.46. The van der Waals surface area contributed by atoms with Crippen LogP contribution in [0.2, 0.25) is 0 Å². The summed E-state index contributed by atoms with van der Waals surface area (Å²) in [5, 5.41) is 2.42. The third-order valence-electron chi connectivity index (χ3n) is 5.10. The molecule has 3 heterocycles. The molecule has 1 aliphatic rings. The van der Waals surface area contributed by atoms with Crippen LogP contribution in [0.25, 0.3) is 21.3 Å². The van der Waals surface area contributed by atoms with Gasteiger partial charge in [0.25, 0.3) is 0 Å². The number of nitrogens with zero attached hydrogens (tertiary/aromatic N) is 3. The number of aromatic nitrogens is 2. The van der Waals surface area contributed by atoms with E-state index in [9.17, 15) is 12.8 Å². The zero-order valence-corrected chi connectivity index (χ0v) is 16.9. The third kappa shape index (κ3) is 3.02. The molecule has 9 heteroatoms. The summed E-state index contributed by atoms with van der Waals surface area (Å²) in [6.07, 6.45) is 1.75. The number of rotatable bonds is 3. The first-order valence-corrected chi connectivity index (χ1v) is 11.3. The molecule has 2 N–H and O–H groups in total. The third-order valence-corrected chi connectivity index (χ3v) is 8.09. The minimum atomic E-state index is -3.66. The first kappa shape index (κ1) is 18.3. The van der Waals surface area contributed by atoms with Crippen LogP contribution < -0.4 is 5.73 Å². The molecular formula is C20H17FN4O2S2. The number of imidazole rings is 1. The van der Waals surface area contributed by atoms with Crippen LogP contribution in [0.1, 0.15) is 5.82 Å². The SMILES string of the molecule is Nc1ccc(F)c(-c2cn3c(n2)CN(S(=O)(=O)c2csc4ccccc24)CC3)c1. The normalized spacial score (nSPS) is 14.9. The fraction of sp³-hybridized carbons (Fsp3) is 0.150. The minimum Gasteiger partial charge on any atom is -0.399 e. The maximum Gasteiger partial charge on any atom is 0.244 e. The number of fused-ring (bicyclic) bond motifs is 2. The Balaban J connectivity index is 1.50. The highest BCUT2D eigenvalue weighted by molar-refractivity contribution is 7.89. The topological polar surface area (TPSA) is 81.2 Å². The van der Waals surface area contributed by atoms with E-state index in [1.54, 1.807) is 11.6 Å². The standard InChI is InChI=1S/C20H17FN4O2S2/c21-16-6-5-13(22)9-15(16)17-10-24-7-8-25(11-20(24)23-17)29(26,27)19-12-28-18-4-2-1-3-14(18)19/h1-6,9-10,12H,7-8,11,22H2. The van der Waals surface area contributed by atoms with Gasteiger partial charge in [0.15, 0.2) is 0 Å². The number of hydrogen-bond donors (Lipinski definition) is 1. The average molecular weight is 429 g/mol. The van der Waals surface area contributed by atoms with Crippen molar-refractivity contribution in [3.8, 4) is 11.3 Å². The van der Waals surface area contributed by atoms with Gasteiger partial charge in [0.1, 0.15) is 16.5 Å². The quantitative estimate of drug-likeness (QED) is 0.505. The molecule has 0 amide bonds. The first-order valence-electron chi connectivity index (χ1n) is 9.01. The van der Waals surface area contributed by atoms with Crippen molar-refractivity contribution < 1.29 is 12.8 Å². The summed E-state index contributed by atoms with van der Waals surface area (Å²) in [4.78, 5) is 4.81. The number of sulfonamides is 1. The largest absolute Gasteiger partial charge is 0.399 e. The lowest BCUT2D eigenvalue weighted by molar-refractivity contribution is 0.336. The summed E-state index contributed by atoms with van der Waals surface area (Å²) in [7, 11) is -3.66. The lowest BCUT2D eigenvalue weighted by atomic mass is 10.1. The van der Waals surface area contributed by atoms with Crippen LogP contribution in [0, 0.1) is 5.82 Å². The second kappa shape index (κ2) is 6.65. The van der Waals surface area contributed by atoms with E-state index in [1.807, 2.05) is 28.8 Å². The molecule has 148 valence electrons. The molecule has 0 atom stereocenters. The molecule has 0 saturated heterocycles. The van der Waals surface area contributed by atoms with Crippen molar-refractivity contribution in [1.29, 1.82) is 0 Å². The number of halogens is 1. The Kier molecular flexibility index (Phi) is 4.19. The molecule has 0 unspecified atom stereocenters. The Hall–Kier alpha value is -2.75. The molecule has 0 spiro atoms. The zero-order valence-electron chi connectivity index (χ0n) is 15.2. The van der Waals surface area contributed by atoms with Crippen LogP contribution >= 0.6 is 11.3 Å². The summed E-state index contributed by atoms with van der Waals surface area (Å²) < 4.78 is 45.0. The Bertz CT molecular complexity index is 1340. The molecule has 5 rings (SSSR count). The number of nitrogen functional groups attached to an aromatic ring is 1. The summed E-state index contributed by atoms with van der Waals surface area (Å²) in [6.45, 7) is 0.915. The molecule has 4 aromatic rings. The van der Waals surface area contributed by atoms with Gasteiger partial charge < -0.3 is 10.3 Å². The summed E-state index contributed by atoms with van der Waals surface area (Å²) in [5.74, 6) is 0.167. The highest BCUT2D eigenvalue weighted by Gasteiger charge is 2.31. The van der Waals surface area contributed by atoms with Crippen LogP contribution in [-0.2, 0) is 23.1 Å². The van der Waals surface area contributed by atoms with Gasteiger partial charge in [-0.25, -0.2) is 17.8 Å². The number of benzene rings is 2. The predicted octanol–water partition coefficient (Wildman–Crippen LogP) is 3.69. The molecule has 6 nitrogen and oxygen atoms in total. The second-order valence-electron chi connectivity index (χ2n) is 6.91. The van der Waals surface area contributed by atoms with Crippen molar-refractivity contribution in [2.45, 2.75) is 18.0 Å². The van der Waals surface area contributed by atoms with E-state index in [0.29, 0.717) is 40.8 Å². The van der Waals surface area contributed by atoms with Crippen molar-refractivity contribution in [2.24, 2.45) is 0 Å². The van der Waals surface area contributed by atoms with Gasteiger partial charge in [0, 0.05) is 46.0 Å². The van der Waals surface area contributed by atoms with E-state index in [-0.39, 0.29) is 6.54 Å².